The van der Waals surface area contributed by atoms with E-state index in [1.54, 1.807) is 13.8 Å². The molecule has 12 nitrogen and oxygen atoms in total. The molecule has 0 aromatic heterocycles. The van der Waals surface area contributed by atoms with Crippen LogP contribution in [-0.4, -0.2) is 60.9 Å². The van der Waals surface area contributed by atoms with Gasteiger partial charge in [0.05, 0.1) is 6.54 Å². The number of hydrogen-bond acceptors (Lipinski definition) is 6. The smallest absolute Gasteiger partial charge is 0.335 e. The summed E-state index contributed by atoms with van der Waals surface area (Å²) in [6.45, 7) is 3.13. The number of hydrazine groups is 2. The fourth-order valence-corrected chi connectivity index (χ4v) is 1.35. The average Bonchev–Trinajstić information content (AvgIpc) is 2.58. The van der Waals surface area contributed by atoms with Gasteiger partial charge >= 0.3 is 12.1 Å². The van der Waals surface area contributed by atoms with Crippen LogP contribution < -0.4 is 27.2 Å². The third kappa shape index (κ3) is 8.14. The summed E-state index contributed by atoms with van der Waals surface area (Å²) in [5.41, 5.74) is 9.81. The molecule has 0 aromatic carbocycles. The molecule has 6 N–H and O–H groups in total. The average molecular weight is 347 g/mol. The van der Waals surface area contributed by atoms with E-state index in [-0.39, 0.29) is 31.8 Å². The molecule has 0 rings (SSSR count). The number of carbonyl (C=O) groups excluding carboxylic acids is 4. The monoisotopic (exact) mass is 347 g/mol. The summed E-state index contributed by atoms with van der Waals surface area (Å²) in [5.74, 6) is -0.827. The summed E-state index contributed by atoms with van der Waals surface area (Å²) < 4.78 is 0. The molecular formula is C12H25N7O5. The molecule has 0 atom stereocenters. The minimum absolute atomic E-state index is 0.0749. The van der Waals surface area contributed by atoms with Crippen LogP contribution in [0, 0.1) is 0 Å². The molecule has 0 saturated heterocycles. The second-order valence-corrected chi connectivity index (χ2v) is 4.31. The fourth-order valence-electron chi connectivity index (χ4n) is 1.35. The first kappa shape index (κ1) is 21.4. The van der Waals surface area contributed by atoms with Crippen LogP contribution in [0.15, 0.2) is 0 Å². The van der Waals surface area contributed by atoms with Crippen molar-refractivity contribution >= 4 is 23.9 Å². The minimum Gasteiger partial charge on any atom is -0.340 e. The molecule has 12 heteroatoms. The second kappa shape index (κ2) is 11.9. The van der Waals surface area contributed by atoms with Gasteiger partial charge in [0.2, 0.25) is 5.91 Å². The van der Waals surface area contributed by atoms with Crippen molar-refractivity contribution in [2.75, 3.05) is 26.9 Å². The lowest BCUT2D eigenvalue weighted by Crippen LogP contribution is -2.54. The fraction of sp³-hybridized carbons (Fsp3) is 0.667. The van der Waals surface area contributed by atoms with Gasteiger partial charge in [0, 0.05) is 26.4 Å². The van der Waals surface area contributed by atoms with Gasteiger partial charge in [-0.3, -0.25) is 14.6 Å². The van der Waals surface area contributed by atoms with Crippen LogP contribution in [0.5, 0.6) is 0 Å². The maximum atomic E-state index is 11.7. The highest BCUT2D eigenvalue weighted by atomic mass is 16.7. The van der Waals surface area contributed by atoms with E-state index >= 15 is 0 Å². The van der Waals surface area contributed by atoms with Gasteiger partial charge in [-0.15, -0.1) is 5.17 Å². The Morgan fingerprint density at radius 2 is 1.62 bits per heavy atom. The van der Waals surface area contributed by atoms with E-state index in [4.69, 9.17) is 10.6 Å². The molecule has 24 heavy (non-hydrogen) atoms. The SMILES string of the molecule is CCC(=O)N(CCN)NC(=O)NCON(NC(=O)NC)C(=O)CC. The lowest BCUT2D eigenvalue weighted by molar-refractivity contribution is -0.201. The summed E-state index contributed by atoms with van der Waals surface area (Å²) in [6.07, 6.45) is 0.275. The quantitative estimate of drug-likeness (QED) is 0.275. The van der Waals surface area contributed by atoms with Crippen LogP contribution in [0.3, 0.4) is 0 Å². The molecule has 6 amide bonds. The zero-order chi connectivity index (χ0) is 18.5. The second-order valence-electron chi connectivity index (χ2n) is 4.31. The van der Waals surface area contributed by atoms with Crippen molar-refractivity contribution in [2.24, 2.45) is 5.73 Å². The number of rotatable bonds is 7. The van der Waals surface area contributed by atoms with Crippen molar-refractivity contribution < 1.29 is 24.0 Å². The van der Waals surface area contributed by atoms with Crippen LogP contribution in [0.25, 0.3) is 0 Å². The van der Waals surface area contributed by atoms with Crippen LogP contribution >= 0.6 is 0 Å². The first-order chi connectivity index (χ1) is 11.4. The predicted molar refractivity (Wildman–Crippen MR) is 83.4 cm³/mol. The van der Waals surface area contributed by atoms with Crippen molar-refractivity contribution in [3.05, 3.63) is 0 Å². The Balaban J connectivity index is 4.42. The number of nitrogens with one attached hydrogen (secondary N) is 4. The molecular weight excluding hydrogens is 322 g/mol. The Morgan fingerprint density at radius 1 is 1.00 bits per heavy atom. The Hall–Kier alpha value is -2.60. The number of nitrogens with two attached hydrogens (primary N) is 1. The number of nitrogens with zero attached hydrogens (tertiary/aromatic N) is 2. The molecule has 0 spiro atoms. The van der Waals surface area contributed by atoms with Crippen LogP contribution in [0.4, 0.5) is 9.59 Å². The summed E-state index contributed by atoms with van der Waals surface area (Å²) in [4.78, 5) is 51.1. The largest absolute Gasteiger partial charge is 0.340 e. The van der Waals surface area contributed by atoms with E-state index in [2.05, 4.69) is 21.5 Å². The van der Waals surface area contributed by atoms with Gasteiger partial charge in [-0.25, -0.2) is 25.3 Å². The van der Waals surface area contributed by atoms with Crippen molar-refractivity contribution in [2.45, 2.75) is 26.7 Å². The first-order valence-corrected chi connectivity index (χ1v) is 7.38. The van der Waals surface area contributed by atoms with E-state index in [0.717, 1.165) is 5.01 Å². The van der Waals surface area contributed by atoms with Gasteiger partial charge in [0.1, 0.15) is 6.73 Å². The van der Waals surface area contributed by atoms with Crippen molar-refractivity contribution in [3.63, 3.8) is 0 Å². The van der Waals surface area contributed by atoms with Crippen molar-refractivity contribution in [1.29, 1.82) is 0 Å². The highest BCUT2D eigenvalue weighted by Gasteiger charge is 2.17. The molecule has 0 unspecified atom stereocenters. The lowest BCUT2D eigenvalue weighted by atomic mass is 10.4. The van der Waals surface area contributed by atoms with Gasteiger partial charge in [0.25, 0.3) is 5.91 Å². The number of carbonyl (C=O) groups is 4. The Bertz CT molecular complexity index is 446. The molecule has 0 aliphatic heterocycles. The molecule has 0 heterocycles. The topological polar surface area (TPSA) is 158 Å². The number of urea groups is 2. The Kier molecular flexibility index (Phi) is 10.6. The molecule has 0 aliphatic rings. The first-order valence-electron chi connectivity index (χ1n) is 7.38. The lowest BCUT2D eigenvalue weighted by Gasteiger charge is -2.24. The van der Waals surface area contributed by atoms with E-state index in [9.17, 15) is 19.2 Å². The summed E-state index contributed by atoms with van der Waals surface area (Å²) in [7, 11) is 1.37. The maximum Gasteiger partial charge on any atom is 0.335 e. The third-order valence-electron chi connectivity index (χ3n) is 2.58. The third-order valence-corrected chi connectivity index (χ3v) is 2.58. The molecule has 0 aliphatic carbocycles. The molecule has 0 bridgehead atoms. The zero-order valence-corrected chi connectivity index (χ0v) is 14.0. The van der Waals surface area contributed by atoms with Gasteiger partial charge in [-0.2, -0.15) is 0 Å². The number of amides is 6. The Morgan fingerprint density at radius 3 is 2.12 bits per heavy atom. The van der Waals surface area contributed by atoms with E-state index in [1.165, 1.54) is 7.05 Å². The maximum absolute atomic E-state index is 11.7. The Labute approximate surface area is 139 Å². The van der Waals surface area contributed by atoms with Gasteiger partial charge < -0.3 is 16.4 Å². The van der Waals surface area contributed by atoms with Gasteiger partial charge in [-0.05, 0) is 0 Å². The van der Waals surface area contributed by atoms with E-state index in [0.29, 0.717) is 5.17 Å². The number of hydrogen-bond donors (Lipinski definition) is 5. The number of hydroxylamine groups is 1. The molecule has 138 valence electrons. The summed E-state index contributed by atoms with van der Waals surface area (Å²) in [6, 6.07) is -1.39. The molecule has 0 radical (unpaired) electrons. The summed E-state index contributed by atoms with van der Waals surface area (Å²) in [5, 5.41) is 6.21. The zero-order valence-electron chi connectivity index (χ0n) is 14.0. The molecule has 0 aromatic rings. The van der Waals surface area contributed by atoms with Crippen molar-refractivity contribution in [1.82, 2.24) is 31.7 Å². The summed E-state index contributed by atoms with van der Waals surface area (Å²) >= 11 is 0. The van der Waals surface area contributed by atoms with Crippen LogP contribution in [-0.2, 0) is 14.4 Å². The normalized spacial score (nSPS) is 9.67. The van der Waals surface area contributed by atoms with E-state index in [1.807, 2.05) is 0 Å². The van der Waals surface area contributed by atoms with Crippen LogP contribution in [0.1, 0.15) is 26.7 Å². The standard InChI is InChI=1S/C12H25N7O5/c1-4-9(20)18(7-6-13)16-12(23)15-8-24-19(10(21)5-2)17-11(22)14-3/h4-8,13H2,1-3H3,(H2,14,17,22)(H2,15,16,23). The van der Waals surface area contributed by atoms with E-state index < -0.39 is 24.7 Å². The predicted octanol–water partition coefficient (Wildman–Crippen LogP) is -1.63. The van der Waals surface area contributed by atoms with Crippen LogP contribution in [0.2, 0.25) is 0 Å². The minimum atomic E-state index is -0.728. The highest BCUT2D eigenvalue weighted by Crippen LogP contribution is 1.92. The van der Waals surface area contributed by atoms with Gasteiger partial charge in [0.15, 0.2) is 0 Å². The molecule has 0 fully saturated rings. The van der Waals surface area contributed by atoms with Gasteiger partial charge in [-0.1, -0.05) is 13.8 Å². The van der Waals surface area contributed by atoms with Crippen molar-refractivity contribution in [3.8, 4) is 0 Å². The highest BCUT2D eigenvalue weighted by molar-refractivity contribution is 5.81. The molecule has 0 saturated carbocycles.